The van der Waals surface area contributed by atoms with Crippen molar-refractivity contribution in [3.63, 3.8) is 0 Å². The normalized spacial score (nSPS) is 17.9. The van der Waals surface area contributed by atoms with Crippen LogP contribution in [0.15, 0.2) is 23.1 Å². The van der Waals surface area contributed by atoms with Crippen LogP contribution in [0.5, 0.6) is 0 Å². The lowest BCUT2D eigenvalue weighted by Crippen LogP contribution is -2.35. The molecule has 0 aliphatic carbocycles. The molecule has 142 valence electrons. The number of carboxylic acids is 1. The Balaban J connectivity index is 1.73. The number of nitrogens with zero attached hydrogens (tertiary/aromatic N) is 2. The predicted octanol–water partition coefficient (Wildman–Crippen LogP) is 2.01. The highest BCUT2D eigenvalue weighted by Gasteiger charge is 2.29. The average Bonchev–Trinajstić information content (AvgIpc) is 3.05. The Morgan fingerprint density at radius 2 is 1.77 bits per heavy atom. The maximum atomic E-state index is 12.8. The van der Waals surface area contributed by atoms with E-state index in [1.807, 2.05) is 0 Å². The molecule has 0 aromatic heterocycles. The molecule has 1 aromatic carbocycles. The van der Waals surface area contributed by atoms with Gasteiger partial charge in [-0.3, -0.25) is 9.59 Å². The van der Waals surface area contributed by atoms with Gasteiger partial charge in [-0.25, -0.2) is 8.42 Å². The third-order valence-corrected chi connectivity index (χ3v) is 6.88. The summed E-state index contributed by atoms with van der Waals surface area (Å²) in [4.78, 5) is 24.8. The van der Waals surface area contributed by atoms with E-state index in [1.54, 1.807) is 27.4 Å². The zero-order chi connectivity index (χ0) is 18.7. The van der Waals surface area contributed by atoms with Crippen LogP contribution in [0, 0.1) is 0 Å². The third-order valence-electron chi connectivity index (χ3n) is 4.98. The summed E-state index contributed by atoms with van der Waals surface area (Å²) >= 11 is 0. The number of sulfonamides is 1. The van der Waals surface area contributed by atoms with Gasteiger partial charge in [0.2, 0.25) is 15.9 Å². The van der Waals surface area contributed by atoms with E-state index in [2.05, 4.69) is 0 Å². The molecule has 1 fully saturated rings. The van der Waals surface area contributed by atoms with Crippen molar-refractivity contribution in [3.05, 3.63) is 23.8 Å². The molecule has 2 aliphatic heterocycles. The Morgan fingerprint density at radius 1 is 1.04 bits per heavy atom. The number of rotatable bonds is 6. The molecule has 8 heteroatoms. The van der Waals surface area contributed by atoms with E-state index in [0.29, 0.717) is 37.4 Å². The van der Waals surface area contributed by atoms with Crippen LogP contribution in [0.4, 0.5) is 5.69 Å². The summed E-state index contributed by atoms with van der Waals surface area (Å²) in [7, 11) is -3.48. The van der Waals surface area contributed by atoms with Gasteiger partial charge in [-0.05, 0) is 49.4 Å². The van der Waals surface area contributed by atoms with Crippen LogP contribution >= 0.6 is 0 Å². The van der Waals surface area contributed by atoms with Crippen LogP contribution in [-0.2, 0) is 26.0 Å². The first kappa shape index (κ1) is 18.8. The molecule has 3 rings (SSSR count). The lowest BCUT2D eigenvalue weighted by Gasteiger charge is -2.26. The highest BCUT2D eigenvalue weighted by molar-refractivity contribution is 7.89. The molecule has 0 atom stereocenters. The van der Waals surface area contributed by atoms with E-state index in [9.17, 15) is 18.0 Å². The fourth-order valence-electron chi connectivity index (χ4n) is 3.58. The molecule has 0 bridgehead atoms. The summed E-state index contributed by atoms with van der Waals surface area (Å²) in [5.41, 5.74) is 1.59. The van der Waals surface area contributed by atoms with Gasteiger partial charge in [-0.2, -0.15) is 4.31 Å². The fraction of sp³-hybridized carbons (Fsp3) is 0.556. The summed E-state index contributed by atoms with van der Waals surface area (Å²) < 4.78 is 27.1. The Hall–Kier alpha value is -1.93. The monoisotopic (exact) mass is 380 g/mol. The topological polar surface area (TPSA) is 95.0 Å². The Morgan fingerprint density at radius 3 is 2.46 bits per heavy atom. The minimum absolute atomic E-state index is 0.0283. The second-order valence-corrected chi connectivity index (χ2v) is 8.74. The Labute approximate surface area is 153 Å². The number of carbonyl (C=O) groups excluding carboxylic acids is 1. The molecule has 1 saturated heterocycles. The highest BCUT2D eigenvalue weighted by Crippen LogP contribution is 2.32. The maximum absolute atomic E-state index is 12.8. The number of anilines is 1. The maximum Gasteiger partial charge on any atom is 0.303 e. The third kappa shape index (κ3) is 3.91. The molecule has 0 unspecified atom stereocenters. The van der Waals surface area contributed by atoms with Crippen molar-refractivity contribution >= 4 is 27.6 Å². The van der Waals surface area contributed by atoms with Crippen molar-refractivity contribution in [3.8, 4) is 0 Å². The van der Waals surface area contributed by atoms with Gasteiger partial charge in [0, 0.05) is 38.2 Å². The summed E-state index contributed by atoms with van der Waals surface area (Å²) in [5, 5.41) is 8.68. The minimum Gasteiger partial charge on any atom is -0.481 e. The quantitative estimate of drug-likeness (QED) is 0.814. The lowest BCUT2D eigenvalue weighted by atomic mass is 10.1. The summed E-state index contributed by atoms with van der Waals surface area (Å²) in [6.45, 7) is 1.63. The van der Waals surface area contributed by atoms with Crippen LogP contribution in [-0.4, -0.2) is 49.3 Å². The zero-order valence-corrected chi connectivity index (χ0v) is 15.5. The number of hydrogen-bond donors (Lipinski definition) is 1. The first-order valence-electron chi connectivity index (χ1n) is 9.05. The number of benzene rings is 1. The van der Waals surface area contributed by atoms with Crippen molar-refractivity contribution in [2.45, 2.75) is 49.8 Å². The van der Waals surface area contributed by atoms with E-state index in [-0.39, 0.29) is 18.7 Å². The summed E-state index contributed by atoms with van der Waals surface area (Å²) in [6.07, 6.45) is 3.92. The van der Waals surface area contributed by atoms with Crippen molar-refractivity contribution < 1.29 is 23.1 Å². The number of piperidine rings is 1. The number of aliphatic carboxylic acids is 1. The number of hydrogen-bond acceptors (Lipinski definition) is 4. The molecular formula is C18H24N2O5S. The standard InChI is InChI=1S/C18H24N2O5S/c21-17(5-4-6-18(22)23)20-12-9-14-13-15(7-8-16(14)20)26(24,25)19-10-2-1-3-11-19/h7-8,13H,1-6,9-12H2,(H,22,23). The van der Waals surface area contributed by atoms with Gasteiger partial charge >= 0.3 is 5.97 Å². The molecular weight excluding hydrogens is 356 g/mol. The predicted molar refractivity (Wildman–Crippen MR) is 96.6 cm³/mol. The highest BCUT2D eigenvalue weighted by atomic mass is 32.2. The molecule has 0 spiro atoms. The average molecular weight is 380 g/mol. The molecule has 0 saturated carbocycles. The number of carbonyl (C=O) groups is 2. The minimum atomic E-state index is -3.48. The smallest absolute Gasteiger partial charge is 0.303 e. The summed E-state index contributed by atoms with van der Waals surface area (Å²) in [6, 6.07) is 4.96. The molecule has 1 N–H and O–H groups in total. The van der Waals surface area contributed by atoms with Gasteiger partial charge in [0.05, 0.1) is 4.90 Å². The van der Waals surface area contributed by atoms with Crippen LogP contribution in [0.25, 0.3) is 0 Å². The first-order chi connectivity index (χ1) is 12.4. The van der Waals surface area contributed by atoms with Gasteiger partial charge in [-0.1, -0.05) is 6.42 Å². The Bertz CT molecular complexity index is 800. The first-order valence-corrected chi connectivity index (χ1v) is 10.5. The molecule has 1 amide bonds. The van der Waals surface area contributed by atoms with Gasteiger partial charge in [0.25, 0.3) is 0 Å². The molecule has 0 radical (unpaired) electrons. The van der Waals surface area contributed by atoms with Crippen molar-refractivity contribution in [1.29, 1.82) is 0 Å². The van der Waals surface area contributed by atoms with Crippen molar-refractivity contribution in [2.75, 3.05) is 24.5 Å². The number of amides is 1. The molecule has 26 heavy (non-hydrogen) atoms. The lowest BCUT2D eigenvalue weighted by molar-refractivity contribution is -0.137. The molecule has 2 heterocycles. The molecule has 7 nitrogen and oxygen atoms in total. The SMILES string of the molecule is O=C(O)CCCC(=O)N1CCc2cc(S(=O)(=O)N3CCCCC3)ccc21. The molecule has 1 aromatic rings. The van der Waals surface area contributed by atoms with Crippen molar-refractivity contribution in [2.24, 2.45) is 0 Å². The second kappa shape index (κ2) is 7.75. The van der Waals surface area contributed by atoms with Crippen LogP contribution in [0.3, 0.4) is 0 Å². The van der Waals surface area contributed by atoms with Crippen LogP contribution < -0.4 is 4.90 Å². The van der Waals surface area contributed by atoms with E-state index < -0.39 is 16.0 Å². The largest absolute Gasteiger partial charge is 0.481 e. The second-order valence-electron chi connectivity index (χ2n) is 6.80. The van der Waals surface area contributed by atoms with E-state index in [0.717, 1.165) is 30.5 Å². The van der Waals surface area contributed by atoms with E-state index >= 15 is 0 Å². The van der Waals surface area contributed by atoms with Crippen LogP contribution in [0.2, 0.25) is 0 Å². The van der Waals surface area contributed by atoms with Gasteiger partial charge in [-0.15, -0.1) is 0 Å². The van der Waals surface area contributed by atoms with Gasteiger partial charge in [0.15, 0.2) is 0 Å². The fourth-order valence-corrected chi connectivity index (χ4v) is 5.15. The number of fused-ring (bicyclic) bond motifs is 1. The Kier molecular flexibility index (Phi) is 5.62. The van der Waals surface area contributed by atoms with E-state index in [1.165, 1.54) is 0 Å². The van der Waals surface area contributed by atoms with E-state index in [4.69, 9.17) is 5.11 Å². The molecule has 2 aliphatic rings. The van der Waals surface area contributed by atoms with Gasteiger partial charge < -0.3 is 10.0 Å². The van der Waals surface area contributed by atoms with Gasteiger partial charge in [0.1, 0.15) is 0 Å². The van der Waals surface area contributed by atoms with Crippen LogP contribution in [0.1, 0.15) is 44.1 Å². The summed E-state index contributed by atoms with van der Waals surface area (Å²) in [5.74, 6) is -1.02. The number of carboxylic acid groups (broad SMARTS) is 1. The van der Waals surface area contributed by atoms with Crippen molar-refractivity contribution in [1.82, 2.24) is 4.31 Å². The zero-order valence-electron chi connectivity index (χ0n) is 14.7.